The minimum atomic E-state index is 1.08. The van der Waals surface area contributed by atoms with Gasteiger partial charge >= 0.3 is 0 Å². The van der Waals surface area contributed by atoms with E-state index in [1.165, 1.54) is 65.3 Å². The first-order valence-electron chi connectivity index (χ1n) is 12.0. The second-order valence-electron chi connectivity index (χ2n) is 9.16. The summed E-state index contributed by atoms with van der Waals surface area (Å²) in [4.78, 5) is 0. The minimum Gasteiger partial charge on any atom is -0.0622 e. The Morgan fingerprint density at radius 3 is 1.14 bits per heavy atom. The molecule has 0 fully saturated rings. The quantitative estimate of drug-likeness (QED) is 0.139. The Bertz CT molecular complexity index is 1800. The average Bonchev–Trinajstić information content (AvgIpc) is 2.92. The van der Waals surface area contributed by atoms with E-state index in [1.54, 1.807) is 0 Å². The van der Waals surface area contributed by atoms with Gasteiger partial charge in [0.05, 0.1) is 0 Å². The van der Waals surface area contributed by atoms with Gasteiger partial charge in [0.25, 0.3) is 0 Å². The Hall–Kier alpha value is -3.46. The minimum absolute atomic E-state index is 1.08. The van der Waals surface area contributed by atoms with Gasteiger partial charge < -0.3 is 0 Å². The summed E-state index contributed by atoms with van der Waals surface area (Å²) in [5, 5.41) is 10.2. The zero-order valence-corrected chi connectivity index (χ0v) is 22.5. The van der Waals surface area contributed by atoms with Gasteiger partial charge in [0.1, 0.15) is 0 Å². The maximum Gasteiger partial charge on any atom is 0.0181 e. The topological polar surface area (TPSA) is 0 Å². The average molecular weight is 588 g/mol. The van der Waals surface area contributed by atoms with Crippen LogP contribution in [0.15, 0.2) is 130 Å². The van der Waals surface area contributed by atoms with Crippen molar-refractivity contribution in [1.82, 2.24) is 0 Å². The maximum atomic E-state index is 3.78. The molecule has 0 spiro atoms. The predicted octanol–water partition coefficient (Wildman–Crippen LogP) is 11.2. The molecule has 2 heteroatoms. The standard InChI is InChI=1S/C34H20Br2/c35-23-15-17-25-26-18-16-24(36)20-30(26)34-32(22-11-5-2-6-12-22)28-14-8-7-13-27(28)31(33(34)29(25)19-23)21-9-3-1-4-10-21/h1-20H. The SMILES string of the molecule is Brc1ccc2c3ccc(Br)cc3c3c(-c4ccccc4)c4ccccc4c(-c4ccccc4)c3c2c1. The molecule has 0 unspecified atom stereocenters. The van der Waals surface area contributed by atoms with Crippen LogP contribution in [0.4, 0.5) is 0 Å². The van der Waals surface area contributed by atoms with E-state index in [9.17, 15) is 0 Å². The van der Waals surface area contributed by atoms with Gasteiger partial charge in [0, 0.05) is 8.95 Å². The van der Waals surface area contributed by atoms with Crippen LogP contribution in [0.25, 0.3) is 65.3 Å². The van der Waals surface area contributed by atoms with E-state index in [2.05, 4.69) is 153 Å². The highest BCUT2D eigenvalue weighted by Gasteiger charge is 2.21. The summed E-state index contributed by atoms with van der Waals surface area (Å²) in [7, 11) is 0. The van der Waals surface area contributed by atoms with Crippen molar-refractivity contribution >= 4 is 74.9 Å². The molecule has 0 amide bonds. The van der Waals surface area contributed by atoms with Crippen molar-refractivity contribution in [3.8, 4) is 22.3 Å². The monoisotopic (exact) mass is 586 g/mol. The van der Waals surface area contributed by atoms with E-state index in [-0.39, 0.29) is 0 Å². The Labute approximate surface area is 226 Å². The lowest BCUT2D eigenvalue weighted by Gasteiger charge is -2.21. The van der Waals surface area contributed by atoms with E-state index >= 15 is 0 Å². The molecule has 0 N–H and O–H groups in total. The fourth-order valence-corrected chi connectivity index (χ4v) is 6.42. The smallest absolute Gasteiger partial charge is 0.0181 e. The van der Waals surface area contributed by atoms with E-state index in [4.69, 9.17) is 0 Å². The molecule has 7 rings (SSSR count). The summed E-state index contributed by atoms with van der Waals surface area (Å²) in [6, 6.07) is 43.9. The van der Waals surface area contributed by atoms with Gasteiger partial charge in [0.2, 0.25) is 0 Å². The third-order valence-electron chi connectivity index (χ3n) is 7.13. The molecule has 0 nitrogen and oxygen atoms in total. The van der Waals surface area contributed by atoms with Crippen LogP contribution >= 0.6 is 31.9 Å². The lowest BCUT2D eigenvalue weighted by molar-refractivity contribution is 1.66. The van der Waals surface area contributed by atoms with E-state index in [0.29, 0.717) is 0 Å². The molecule has 0 saturated carbocycles. The van der Waals surface area contributed by atoms with Crippen LogP contribution in [-0.2, 0) is 0 Å². The fraction of sp³-hybridized carbons (Fsp3) is 0. The molecule has 170 valence electrons. The molecule has 0 bridgehead atoms. The van der Waals surface area contributed by atoms with Crippen molar-refractivity contribution in [2.24, 2.45) is 0 Å². The van der Waals surface area contributed by atoms with Crippen molar-refractivity contribution in [3.05, 3.63) is 130 Å². The number of fused-ring (bicyclic) bond motifs is 7. The third-order valence-corrected chi connectivity index (χ3v) is 8.12. The van der Waals surface area contributed by atoms with Gasteiger partial charge in [-0.1, -0.05) is 129 Å². The summed E-state index contributed by atoms with van der Waals surface area (Å²) in [6.45, 7) is 0. The molecule has 0 heterocycles. The predicted molar refractivity (Wildman–Crippen MR) is 163 cm³/mol. The molecular formula is C34H20Br2. The molecule has 36 heavy (non-hydrogen) atoms. The van der Waals surface area contributed by atoms with Crippen LogP contribution in [0.2, 0.25) is 0 Å². The van der Waals surface area contributed by atoms with Crippen LogP contribution in [0, 0.1) is 0 Å². The summed E-state index contributed by atoms with van der Waals surface area (Å²) in [6.07, 6.45) is 0. The lowest BCUT2D eigenvalue weighted by atomic mass is 9.81. The molecule has 0 radical (unpaired) electrons. The van der Waals surface area contributed by atoms with Crippen LogP contribution < -0.4 is 0 Å². The number of hydrogen-bond acceptors (Lipinski definition) is 0. The zero-order chi connectivity index (χ0) is 24.2. The summed E-state index contributed by atoms with van der Waals surface area (Å²) < 4.78 is 2.17. The fourth-order valence-electron chi connectivity index (χ4n) is 5.70. The van der Waals surface area contributed by atoms with Crippen LogP contribution in [0.1, 0.15) is 0 Å². The molecular weight excluding hydrogens is 568 g/mol. The van der Waals surface area contributed by atoms with Gasteiger partial charge in [-0.25, -0.2) is 0 Å². The Balaban J connectivity index is 1.90. The Kier molecular flexibility index (Phi) is 5.20. The highest BCUT2D eigenvalue weighted by Crippen LogP contribution is 2.49. The summed E-state index contributed by atoms with van der Waals surface area (Å²) in [5.41, 5.74) is 5.03. The molecule has 0 aliphatic heterocycles. The van der Waals surface area contributed by atoms with Gasteiger partial charge in [-0.3, -0.25) is 0 Å². The Morgan fingerprint density at radius 2 is 0.722 bits per heavy atom. The first-order valence-corrected chi connectivity index (χ1v) is 13.6. The van der Waals surface area contributed by atoms with E-state index in [0.717, 1.165) is 8.95 Å². The number of halogens is 2. The summed E-state index contributed by atoms with van der Waals surface area (Å²) in [5.74, 6) is 0. The second-order valence-corrected chi connectivity index (χ2v) is 11.0. The van der Waals surface area contributed by atoms with E-state index in [1.807, 2.05) is 0 Å². The molecule has 0 atom stereocenters. The van der Waals surface area contributed by atoms with Gasteiger partial charge in [0.15, 0.2) is 0 Å². The highest BCUT2D eigenvalue weighted by atomic mass is 79.9. The van der Waals surface area contributed by atoms with Gasteiger partial charge in [-0.15, -0.1) is 0 Å². The van der Waals surface area contributed by atoms with Crippen LogP contribution in [-0.4, -0.2) is 0 Å². The molecule has 0 aliphatic rings. The lowest BCUT2D eigenvalue weighted by Crippen LogP contribution is -1.94. The van der Waals surface area contributed by atoms with Gasteiger partial charge in [-0.05, 0) is 89.6 Å². The van der Waals surface area contributed by atoms with Crippen molar-refractivity contribution in [3.63, 3.8) is 0 Å². The highest BCUT2D eigenvalue weighted by molar-refractivity contribution is 9.10. The third kappa shape index (κ3) is 3.32. The zero-order valence-electron chi connectivity index (χ0n) is 19.3. The van der Waals surface area contributed by atoms with Crippen molar-refractivity contribution < 1.29 is 0 Å². The molecule has 7 aromatic carbocycles. The second kappa shape index (κ2) is 8.58. The molecule has 7 aromatic rings. The largest absolute Gasteiger partial charge is 0.0622 e. The van der Waals surface area contributed by atoms with Crippen molar-refractivity contribution in [2.45, 2.75) is 0 Å². The first kappa shape index (κ1) is 21.8. The van der Waals surface area contributed by atoms with Crippen molar-refractivity contribution in [1.29, 1.82) is 0 Å². The van der Waals surface area contributed by atoms with Crippen LogP contribution in [0.5, 0.6) is 0 Å². The molecule has 0 aliphatic carbocycles. The molecule has 0 saturated heterocycles. The number of hydrogen-bond donors (Lipinski definition) is 0. The number of rotatable bonds is 2. The Morgan fingerprint density at radius 1 is 0.333 bits per heavy atom. The summed E-state index contributed by atoms with van der Waals surface area (Å²) >= 11 is 7.56. The van der Waals surface area contributed by atoms with Crippen molar-refractivity contribution in [2.75, 3.05) is 0 Å². The molecule has 0 aromatic heterocycles. The number of benzene rings is 7. The normalized spacial score (nSPS) is 11.6. The van der Waals surface area contributed by atoms with Crippen LogP contribution in [0.3, 0.4) is 0 Å². The van der Waals surface area contributed by atoms with E-state index < -0.39 is 0 Å². The first-order chi connectivity index (χ1) is 17.7. The maximum absolute atomic E-state index is 3.78. The van der Waals surface area contributed by atoms with Gasteiger partial charge in [-0.2, -0.15) is 0 Å².